The molecule has 2 bridgehead atoms. The molecule has 1 aromatic carbocycles. The van der Waals surface area contributed by atoms with Crippen LogP contribution < -0.4 is 10.2 Å². The van der Waals surface area contributed by atoms with Gasteiger partial charge in [0.1, 0.15) is 17.2 Å². The van der Waals surface area contributed by atoms with Gasteiger partial charge in [-0.25, -0.2) is 8.78 Å². The van der Waals surface area contributed by atoms with Crippen LogP contribution in [0.25, 0.3) is 10.9 Å². The van der Waals surface area contributed by atoms with E-state index < -0.39 is 27.9 Å². The van der Waals surface area contributed by atoms with E-state index in [9.17, 15) is 18.0 Å². The number of fused-ring (bicyclic) bond motifs is 3. The molecule has 3 heterocycles. The first-order valence-electron chi connectivity index (χ1n) is 11.6. The Kier molecular flexibility index (Phi) is 7.43. The van der Waals surface area contributed by atoms with Crippen molar-refractivity contribution in [3.63, 3.8) is 0 Å². The van der Waals surface area contributed by atoms with E-state index in [0.29, 0.717) is 19.4 Å². The highest BCUT2D eigenvalue weighted by molar-refractivity contribution is 9.10. The van der Waals surface area contributed by atoms with E-state index in [-0.39, 0.29) is 35.3 Å². The Morgan fingerprint density at radius 2 is 2.00 bits per heavy atom. The van der Waals surface area contributed by atoms with Crippen LogP contribution in [-0.4, -0.2) is 40.8 Å². The molecule has 180 valence electrons. The van der Waals surface area contributed by atoms with Gasteiger partial charge in [0, 0.05) is 30.8 Å². The Balaban J connectivity index is 1.50. The maximum absolute atomic E-state index is 14.6. The molecular weight excluding hydrogens is 501 g/mol. The number of anilines is 1. The van der Waals surface area contributed by atoms with Crippen LogP contribution in [0.3, 0.4) is 0 Å². The lowest BCUT2D eigenvalue weighted by Gasteiger charge is -2.41. The zero-order chi connectivity index (χ0) is 23.6. The summed E-state index contributed by atoms with van der Waals surface area (Å²) in [6.07, 6.45) is 7.05. The lowest BCUT2D eigenvalue weighted by atomic mass is 10.1. The number of unbranched alkanes of at least 4 members (excludes halogenated alkanes) is 5. The Morgan fingerprint density at radius 3 is 2.79 bits per heavy atom. The van der Waals surface area contributed by atoms with Gasteiger partial charge in [-0.2, -0.15) is 14.4 Å². The van der Waals surface area contributed by atoms with Crippen LogP contribution >= 0.6 is 15.9 Å². The molecule has 2 aromatic rings. The van der Waals surface area contributed by atoms with E-state index in [4.69, 9.17) is 4.74 Å². The van der Waals surface area contributed by atoms with Crippen molar-refractivity contribution in [3.8, 4) is 0 Å². The van der Waals surface area contributed by atoms with Gasteiger partial charge in [-0.05, 0) is 34.8 Å². The van der Waals surface area contributed by atoms with Crippen molar-refractivity contribution in [2.45, 2.75) is 76.5 Å². The predicted octanol–water partition coefficient (Wildman–Crippen LogP) is 5.37. The SMILES string of the molecule is CCCCCCCCC(=O)OC12CCC(CN(c3nc(F)nc4c(F)c(Br)c(F)cc34)C1)N2. The highest BCUT2D eigenvalue weighted by Gasteiger charge is 2.48. The summed E-state index contributed by atoms with van der Waals surface area (Å²) < 4.78 is 48.5. The van der Waals surface area contributed by atoms with Gasteiger partial charge in [0.05, 0.1) is 11.0 Å². The number of halogens is 4. The molecule has 0 amide bonds. The van der Waals surface area contributed by atoms with Gasteiger partial charge in [-0.3, -0.25) is 10.1 Å². The fraction of sp³-hybridized carbons (Fsp3) is 0.609. The molecule has 2 aliphatic rings. The number of nitrogens with zero attached hydrogens (tertiary/aromatic N) is 3. The first kappa shape index (κ1) is 24.2. The van der Waals surface area contributed by atoms with E-state index in [2.05, 4.69) is 38.1 Å². The summed E-state index contributed by atoms with van der Waals surface area (Å²) >= 11 is 2.83. The number of ether oxygens (including phenoxy) is 1. The fourth-order valence-corrected chi connectivity index (χ4v) is 5.09. The molecule has 33 heavy (non-hydrogen) atoms. The quantitative estimate of drug-likeness (QED) is 0.204. The summed E-state index contributed by atoms with van der Waals surface area (Å²) in [4.78, 5) is 21.7. The monoisotopic (exact) mass is 528 g/mol. The van der Waals surface area contributed by atoms with Crippen LogP contribution in [0.15, 0.2) is 10.5 Å². The molecule has 1 aromatic heterocycles. The van der Waals surface area contributed by atoms with Crippen molar-refractivity contribution in [1.29, 1.82) is 0 Å². The third-order valence-corrected chi connectivity index (χ3v) is 7.10. The topological polar surface area (TPSA) is 67.3 Å². The normalized spacial score (nSPS) is 22.2. The maximum Gasteiger partial charge on any atom is 0.311 e. The van der Waals surface area contributed by atoms with Gasteiger partial charge in [0.2, 0.25) is 0 Å². The molecular formula is C23H28BrF3N4O2. The first-order chi connectivity index (χ1) is 15.8. The lowest BCUT2D eigenvalue weighted by molar-refractivity contribution is -0.162. The summed E-state index contributed by atoms with van der Waals surface area (Å²) in [5.41, 5.74) is -1.23. The van der Waals surface area contributed by atoms with Gasteiger partial charge in [0.25, 0.3) is 0 Å². The number of hydrogen-bond donors (Lipinski definition) is 1. The Morgan fingerprint density at radius 1 is 1.24 bits per heavy atom. The molecule has 2 aliphatic heterocycles. The molecule has 0 spiro atoms. The molecule has 0 saturated carbocycles. The third-order valence-electron chi connectivity index (χ3n) is 6.37. The van der Waals surface area contributed by atoms with Gasteiger partial charge in [-0.1, -0.05) is 39.0 Å². The van der Waals surface area contributed by atoms with Crippen LogP contribution in [-0.2, 0) is 9.53 Å². The van der Waals surface area contributed by atoms with E-state index in [1.165, 1.54) is 19.3 Å². The van der Waals surface area contributed by atoms with E-state index in [1.54, 1.807) is 4.90 Å². The molecule has 2 saturated heterocycles. The number of hydrogen-bond acceptors (Lipinski definition) is 6. The average Bonchev–Trinajstić information content (AvgIpc) is 3.08. The number of piperazine rings is 1. The minimum atomic E-state index is -1.10. The van der Waals surface area contributed by atoms with E-state index in [1.807, 2.05) is 0 Å². The smallest absolute Gasteiger partial charge is 0.311 e. The van der Waals surface area contributed by atoms with Gasteiger partial charge in [-0.15, -0.1) is 0 Å². The highest BCUT2D eigenvalue weighted by Crippen LogP contribution is 2.37. The van der Waals surface area contributed by atoms with Gasteiger partial charge < -0.3 is 9.64 Å². The molecule has 2 fully saturated rings. The number of carbonyl (C=O) groups is 1. The fourth-order valence-electron chi connectivity index (χ4n) is 4.79. The van der Waals surface area contributed by atoms with Crippen LogP contribution in [0.2, 0.25) is 0 Å². The zero-order valence-corrected chi connectivity index (χ0v) is 20.2. The number of carbonyl (C=O) groups excluding carboxylic acids is 1. The van der Waals surface area contributed by atoms with Gasteiger partial charge >= 0.3 is 12.0 Å². The highest BCUT2D eigenvalue weighted by atomic mass is 79.9. The van der Waals surface area contributed by atoms with Gasteiger partial charge in [0.15, 0.2) is 11.5 Å². The summed E-state index contributed by atoms with van der Waals surface area (Å²) in [5, 5.41) is 3.44. The largest absolute Gasteiger partial charge is 0.442 e. The van der Waals surface area contributed by atoms with Crippen molar-refractivity contribution in [2.75, 3.05) is 18.0 Å². The predicted molar refractivity (Wildman–Crippen MR) is 122 cm³/mol. The van der Waals surface area contributed by atoms with Crippen LogP contribution in [0, 0.1) is 17.7 Å². The first-order valence-corrected chi connectivity index (χ1v) is 12.4. The Bertz CT molecular complexity index is 1040. The molecule has 4 rings (SSSR count). The summed E-state index contributed by atoms with van der Waals surface area (Å²) in [6.45, 7) is 2.81. The summed E-state index contributed by atoms with van der Waals surface area (Å²) in [7, 11) is 0. The van der Waals surface area contributed by atoms with Crippen LogP contribution in [0.5, 0.6) is 0 Å². The minimum Gasteiger partial charge on any atom is -0.442 e. The Hall–Kier alpha value is -1.94. The van der Waals surface area contributed by atoms with Crippen molar-refractivity contribution < 1.29 is 22.7 Å². The van der Waals surface area contributed by atoms with E-state index in [0.717, 1.165) is 31.7 Å². The zero-order valence-electron chi connectivity index (χ0n) is 18.6. The molecule has 0 radical (unpaired) electrons. The molecule has 1 N–H and O–H groups in total. The Labute approximate surface area is 199 Å². The van der Waals surface area contributed by atoms with E-state index >= 15 is 0 Å². The van der Waals surface area contributed by atoms with Crippen molar-refractivity contribution in [3.05, 3.63) is 28.3 Å². The lowest BCUT2D eigenvalue weighted by Crippen LogP contribution is -2.61. The molecule has 10 heteroatoms. The molecule has 6 nitrogen and oxygen atoms in total. The minimum absolute atomic E-state index is 0.0150. The maximum atomic E-state index is 14.6. The average molecular weight is 529 g/mol. The van der Waals surface area contributed by atoms with Crippen molar-refractivity contribution in [2.24, 2.45) is 0 Å². The van der Waals surface area contributed by atoms with Crippen LogP contribution in [0.4, 0.5) is 19.0 Å². The molecule has 0 aliphatic carbocycles. The number of aromatic nitrogens is 2. The van der Waals surface area contributed by atoms with Crippen molar-refractivity contribution >= 4 is 38.6 Å². The summed E-state index contributed by atoms with van der Waals surface area (Å²) in [5.74, 6) is -1.99. The second-order valence-electron chi connectivity index (χ2n) is 8.95. The number of nitrogens with one attached hydrogen (secondary N) is 1. The number of rotatable bonds is 9. The summed E-state index contributed by atoms with van der Waals surface area (Å²) in [6, 6.07) is 1.08. The third kappa shape index (κ3) is 5.26. The number of benzene rings is 1. The second-order valence-corrected chi connectivity index (χ2v) is 9.74. The molecule has 2 atom stereocenters. The second kappa shape index (κ2) is 10.1. The standard InChI is InChI=1S/C23H28BrF3N4O2/c1-2-3-4-5-6-7-8-17(32)33-23-10-9-14(30-23)12-31(13-23)21-15-11-16(25)18(24)19(26)20(15)28-22(27)29-21/h11,14,30H,2-10,12-13H2,1H3. The van der Waals surface area contributed by atoms with Crippen LogP contribution in [0.1, 0.15) is 64.7 Å². The number of esters is 1. The van der Waals surface area contributed by atoms with Crippen molar-refractivity contribution in [1.82, 2.24) is 15.3 Å². The molecule has 2 unspecified atom stereocenters.